The molecule has 2 aromatic carbocycles. The van der Waals surface area contributed by atoms with Crippen LogP contribution in [-0.2, 0) is 0 Å². The minimum atomic E-state index is -4.79. The first-order valence-corrected chi connectivity index (χ1v) is 6.31. The summed E-state index contributed by atoms with van der Waals surface area (Å²) >= 11 is 6.06. The minimum absolute atomic E-state index is 0.178. The highest BCUT2D eigenvalue weighted by Gasteiger charge is 2.32. The Hall–Kier alpha value is -2.01. The minimum Gasteiger partial charge on any atom is -0.405 e. The summed E-state index contributed by atoms with van der Waals surface area (Å²) in [7, 11) is 0. The molecule has 0 amide bonds. The summed E-state index contributed by atoms with van der Waals surface area (Å²) in [6.45, 7) is 1.38. The standard InChI is InChI=1S/C15H10ClF3O2/c1-9(20)10-6-7-11(13(16)8-10)12-4-2-3-5-14(12)21-15(17,18)19/h2-8H,1H3. The highest BCUT2D eigenvalue weighted by Crippen LogP contribution is 2.37. The molecule has 0 spiro atoms. The number of hydrogen-bond donors (Lipinski definition) is 0. The molecule has 110 valence electrons. The highest BCUT2D eigenvalue weighted by molar-refractivity contribution is 6.33. The fourth-order valence-corrected chi connectivity index (χ4v) is 2.14. The van der Waals surface area contributed by atoms with E-state index in [0.29, 0.717) is 11.1 Å². The van der Waals surface area contributed by atoms with Gasteiger partial charge in [-0.3, -0.25) is 4.79 Å². The Labute approximate surface area is 124 Å². The van der Waals surface area contributed by atoms with E-state index in [1.54, 1.807) is 6.07 Å². The number of ether oxygens (including phenoxy) is 1. The smallest absolute Gasteiger partial charge is 0.405 e. The molecular weight excluding hydrogens is 305 g/mol. The molecule has 0 fully saturated rings. The quantitative estimate of drug-likeness (QED) is 0.736. The second-order valence-electron chi connectivity index (χ2n) is 4.29. The van der Waals surface area contributed by atoms with E-state index in [-0.39, 0.29) is 22.1 Å². The molecule has 0 aromatic heterocycles. The third kappa shape index (κ3) is 3.76. The second kappa shape index (κ2) is 5.77. The summed E-state index contributed by atoms with van der Waals surface area (Å²) in [5.41, 5.74) is 0.953. The first kappa shape index (κ1) is 15.4. The van der Waals surface area contributed by atoms with E-state index < -0.39 is 6.36 Å². The normalized spacial score (nSPS) is 11.3. The molecule has 0 unspecified atom stereocenters. The molecular formula is C15H10ClF3O2. The Kier molecular flexibility index (Phi) is 4.23. The molecule has 6 heteroatoms. The van der Waals surface area contributed by atoms with Crippen molar-refractivity contribution in [2.24, 2.45) is 0 Å². The maximum absolute atomic E-state index is 12.4. The van der Waals surface area contributed by atoms with Crippen molar-refractivity contribution in [1.82, 2.24) is 0 Å². The average molecular weight is 315 g/mol. The summed E-state index contributed by atoms with van der Waals surface area (Å²) in [4.78, 5) is 11.3. The third-order valence-electron chi connectivity index (χ3n) is 2.78. The molecule has 0 N–H and O–H groups in total. The molecule has 21 heavy (non-hydrogen) atoms. The van der Waals surface area contributed by atoms with Crippen molar-refractivity contribution in [3.05, 3.63) is 53.1 Å². The molecule has 0 saturated carbocycles. The molecule has 0 aliphatic carbocycles. The largest absolute Gasteiger partial charge is 0.573 e. The maximum atomic E-state index is 12.4. The monoisotopic (exact) mass is 314 g/mol. The van der Waals surface area contributed by atoms with Gasteiger partial charge in [0, 0.05) is 21.7 Å². The maximum Gasteiger partial charge on any atom is 0.573 e. The van der Waals surface area contributed by atoms with Gasteiger partial charge in [0.15, 0.2) is 5.78 Å². The number of halogens is 4. The average Bonchev–Trinajstić information content (AvgIpc) is 2.37. The van der Waals surface area contributed by atoms with Gasteiger partial charge in [-0.2, -0.15) is 0 Å². The van der Waals surface area contributed by atoms with E-state index in [0.717, 1.165) is 0 Å². The summed E-state index contributed by atoms with van der Waals surface area (Å²) in [6, 6.07) is 10.1. The summed E-state index contributed by atoms with van der Waals surface area (Å²) in [5, 5.41) is 0.181. The molecule has 2 aromatic rings. The number of Topliss-reactive ketones (excluding diaryl/α,β-unsaturated/α-hetero) is 1. The SMILES string of the molecule is CC(=O)c1ccc(-c2ccccc2OC(F)(F)F)c(Cl)c1. The summed E-state index contributed by atoms with van der Waals surface area (Å²) in [5.74, 6) is -0.522. The molecule has 0 aliphatic heterocycles. The molecule has 0 heterocycles. The van der Waals surface area contributed by atoms with Gasteiger partial charge in [0.1, 0.15) is 5.75 Å². The van der Waals surface area contributed by atoms with E-state index in [4.69, 9.17) is 11.6 Å². The van der Waals surface area contributed by atoms with Crippen molar-refractivity contribution in [2.75, 3.05) is 0 Å². The molecule has 0 atom stereocenters. The van der Waals surface area contributed by atoms with E-state index in [2.05, 4.69) is 4.74 Å². The number of ketones is 1. The Morgan fingerprint density at radius 3 is 2.33 bits per heavy atom. The van der Waals surface area contributed by atoms with Crippen LogP contribution in [0.3, 0.4) is 0 Å². The van der Waals surface area contributed by atoms with Crippen molar-refractivity contribution in [2.45, 2.75) is 13.3 Å². The molecule has 0 aliphatic rings. The summed E-state index contributed by atoms with van der Waals surface area (Å²) < 4.78 is 41.2. The van der Waals surface area contributed by atoms with Gasteiger partial charge in [-0.15, -0.1) is 13.2 Å². The Balaban J connectivity index is 2.50. The number of benzene rings is 2. The zero-order chi connectivity index (χ0) is 15.6. The lowest BCUT2D eigenvalue weighted by atomic mass is 10.0. The molecule has 0 radical (unpaired) electrons. The van der Waals surface area contributed by atoms with Crippen molar-refractivity contribution in [3.63, 3.8) is 0 Å². The first-order valence-electron chi connectivity index (χ1n) is 5.93. The lowest BCUT2D eigenvalue weighted by Gasteiger charge is -2.14. The second-order valence-corrected chi connectivity index (χ2v) is 4.70. The Bertz CT molecular complexity index is 681. The summed E-state index contributed by atoms with van der Waals surface area (Å²) in [6.07, 6.45) is -4.79. The number of carbonyl (C=O) groups is 1. The predicted molar refractivity (Wildman–Crippen MR) is 73.6 cm³/mol. The van der Waals surface area contributed by atoms with Crippen LogP contribution in [0.25, 0.3) is 11.1 Å². The van der Waals surface area contributed by atoms with E-state index in [1.165, 1.54) is 43.3 Å². The molecule has 2 rings (SSSR count). The van der Waals surface area contributed by atoms with Gasteiger partial charge >= 0.3 is 6.36 Å². The zero-order valence-electron chi connectivity index (χ0n) is 10.9. The third-order valence-corrected chi connectivity index (χ3v) is 3.09. The fraction of sp³-hybridized carbons (Fsp3) is 0.133. The lowest BCUT2D eigenvalue weighted by Crippen LogP contribution is -2.17. The van der Waals surface area contributed by atoms with Crippen LogP contribution in [0.2, 0.25) is 5.02 Å². The van der Waals surface area contributed by atoms with Crippen LogP contribution < -0.4 is 4.74 Å². The molecule has 2 nitrogen and oxygen atoms in total. The van der Waals surface area contributed by atoms with Crippen molar-refractivity contribution in [3.8, 4) is 16.9 Å². The number of para-hydroxylation sites is 1. The van der Waals surface area contributed by atoms with Gasteiger partial charge in [0.25, 0.3) is 0 Å². The van der Waals surface area contributed by atoms with Gasteiger partial charge in [-0.1, -0.05) is 41.9 Å². The van der Waals surface area contributed by atoms with Gasteiger partial charge in [0.05, 0.1) is 0 Å². The van der Waals surface area contributed by atoms with Crippen LogP contribution in [0.4, 0.5) is 13.2 Å². The zero-order valence-corrected chi connectivity index (χ0v) is 11.6. The Morgan fingerprint density at radius 2 is 1.76 bits per heavy atom. The van der Waals surface area contributed by atoms with Crippen LogP contribution in [0, 0.1) is 0 Å². The number of hydrogen-bond acceptors (Lipinski definition) is 2. The van der Waals surface area contributed by atoms with Crippen molar-refractivity contribution >= 4 is 17.4 Å². The van der Waals surface area contributed by atoms with Crippen LogP contribution in [0.15, 0.2) is 42.5 Å². The highest BCUT2D eigenvalue weighted by atomic mass is 35.5. The van der Waals surface area contributed by atoms with E-state index in [1.807, 2.05) is 0 Å². The van der Waals surface area contributed by atoms with Crippen LogP contribution in [0.5, 0.6) is 5.75 Å². The number of rotatable bonds is 3. The van der Waals surface area contributed by atoms with Crippen molar-refractivity contribution < 1.29 is 22.7 Å². The van der Waals surface area contributed by atoms with Crippen LogP contribution in [-0.4, -0.2) is 12.1 Å². The number of alkyl halides is 3. The first-order chi connectivity index (χ1) is 9.78. The van der Waals surface area contributed by atoms with E-state index >= 15 is 0 Å². The molecule has 0 bridgehead atoms. The lowest BCUT2D eigenvalue weighted by molar-refractivity contribution is -0.274. The Morgan fingerprint density at radius 1 is 1.10 bits per heavy atom. The van der Waals surface area contributed by atoms with Gasteiger partial charge in [-0.25, -0.2) is 0 Å². The van der Waals surface area contributed by atoms with Crippen LogP contribution in [0.1, 0.15) is 17.3 Å². The van der Waals surface area contributed by atoms with E-state index in [9.17, 15) is 18.0 Å². The van der Waals surface area contributed by atoms with Crippen LogP contribution >= 0.6 is 11.6 Å². The topological polar surface area (TPSA) is 26.3 Å². The van der Waals surface area contributed by atoms with Gasteiger partial charge in [-0.05, 0) is 19.1 Å². The number of carbonyl (C=O) groups excluding carboxylic acids is 1. The fourth-order valence-electron chi connectivity index (χ4n) is 1.86. The molecule has 0 saturated heterocycles. The van der Waals surface area contributed by atoms with Gasteiger partial charge in [0.2, 0.25) is 0 Å². The van der Waals surface area contributed by atoms with Gasteiger partial charge < -0.3 is 4.74 Å². The predicted octanol–water partition coefficient (Wildman–Crippen LogP) is 5.11. The van der Waals surface area contributed by atoms with Crippen molar-refractivity contribution in [1.29, 1.82) is 0 Å².